The van der Waals surface area contributed by atoms with Crippen LogP contribution < -0.4 is 5.56 Å². The Kier molecular flexibility index (Phi) is 3.69. The van der Waals surface area contributed by atoms with Crippen LogP contribution in [0.2, 0.25) is 0 Å². The number of hydrogen-bond donors (Lipinski definition) is 0. The first-order valence-corrected chi connectivity index (χ1v) is 8.57. The quantitative estimate of drug-likeness (QED) is 0.495. The van der Waals surface area contributed by atoms with E-state index in [4.69, 9.17) is 0 Å². The standard InChI is InChI=1S/C14H16N2O2S2/c1-8(2)16-13(18)11-9-4-3-5-10(9)20-12(11)15-14(16)19-7-6-17/h6,8H,3-5,7H2,1-2H3. The minimum Gasteiger partial charge on any atom is -0.302 e. The number of hydrogen-bond acceptors (Lipinski definition) is 5. The second-order valence-electron chi connectivity index (χ2n) is 5.18. The molecule has 0 amide bonds. The lowest BCUT2D eigenvalue weighted by Gasteiger charge is -2.14. The molecule has 1 aliphatic carbocycles. The molecular weight excluding hydrogens is 292 g/mol. The van der Waals surface area contributed by atoms with Crippen LogP contribution in [0.15, 0.2) is 9.95 Å². The third kappa shape index (κ3) is 2.11. The van der Waals surface area contributed by atoms with Crippen molar-refractivity contribution in [2.45, 2.75) is 44.3 Å². The fourth-order valence-corrected chi connectivity index (χ4v) is 4.82. The second-order valence-corrected chi connectivity index (χ2v) is 7.25. The summed E-state index contributed by atoms with van der Waals surface area (Å²) < 4.78 is 1.72. The zero-order valence-corrected chi connectivity index (χ0v) is 13.1. The maximum absolute atomic E-state index is 12.8. The van der Waals surface area contributed by atoms with Gasteiger partial charge in [0.25, 0.3) is 5.56 Å². The minimum absolute atomic E-state index is 0.0468. The highest BCUT2D eigenvalue weighted by molar-refractivity contribution is 7.99. The molecule has 0 atom stereocenters. The van der Waals surface area contributed by atoms with E-state index in [1.54, 1.807) is 15.9 Å². The van der Waals surface area contributed by atoms with Gasteiger partial charge >= 0.3 is 0 Å². The summed E-state index contributed by atoms with van der Waals surface area (Å²) in [5.74, 6) is 0.329. The number of aryl methyl sites for hydroxylation is 2. The topological polar surface area (TPSA) is 52.0 Å². The Hall–Kier alpha value is -1.14. The van der Waals surface area contributed by atoms with Crippen LogP contribution in [0.5, 0.6) is 0 Å². The summed E-state index contributed by atoms with van der Waals surface area (Å²) in [6.45, 7) is 3.96. The monoisotopic (exact) mass is 308 g/mol. The zero-order valence-electron chi connectivity index (χ0n) is 11.5. The second kappa shape index (κ2) is 5.33. The predicted octanol–water partition coefficient (Wildman–Crippen LogP) is 2.82. The lowest BCUT2D eigenvalue weighted by Crippen LogP contribution is -2.25. The first-order valence-electron chi connectivity index (χ1n) is 6.76. The molecule has 0 radical (unpaired) electrons. The van der Waals surface area contributed by atoms with Crippen molar-refractivity contribution in [3.05, 3.63) is 20.8 Å². The van der Waals surface area contributed by atoms with Gasteiger partial charge in [0, 0.05) is 10.9 Å². The van der Waals surface area contributed by atoms with E-state index in [1.807, 2.05) is 13.8 Å². The summed E-state index contributed by atoms with van der Waals surface area (Å²) in [4.78, 5) is 30.2. The number of thioether (sulfide) groups is 1. The molecule has 6 heteroatoms. The summed E-state index contributed by atoms with van der Waals surface area (Å²) in [7, 11) is 0. The van der Waals surface area contributed by atoms with E-state index in [1.165, 1.54) is 22.2 Å². The maximum atomic E-state index is 12.8. The van der Waals surface area contributed by atoms with Crippen molar-refractivity contribution in [2.75, 3.05) is 5.75 Å². The van der Waals surface area contributed by atoms with Crippen LogP contribution in [0.1, 0.15) is 36.8 Å². The molecule has 0 N–H and O–H groups in total. The van der Waals surface area contributed by atoms with Crippen LogP contribution in [0, 0.1) is 0 Å². The van der Waals surface area contributed by atoms with E-state index >= 15 is 0 Å². The van der Waals surface area contributed by atoms with Gasteiger partial charge in [-0.25, -0.2) is 4.98 Å². The van der Waals surface area contributed by atoms with E-state index in [2.05, 4.69) is 4.98 Å². The molecule has 2 aromatic heterocycles. The van der Waals surface area contributed by atoms with Gasteiger partial charge < -0.3 is 4.79 Å². The SMILES string of the molecule is CC(C)n1c(SCC=O)nc2sc3c(c2c1=O)CCC3. The van der Waals surface area contributed by atoms with E-state index in [9.17, 15) is 9.59 Å². The Morgan fingerprint density at radius 2 is 2.25 bits per heavy atom. The summed E-state index contributed by atoms with van der Waals surface area (Å²) in [6.07, 6.45) is 4.04. The lowest BCUT2D eigenvalue weighted by molar-refractivity contribution is -0.105. The Labute approximate surface area is 125 Å². The average molecular weight is 308 g/mol. The largest absolute Gasteiger partial charge is 0.302 e. The molecule has 0 aliphatic heterocycles. The minimum atomic E-state index is 0.0468. The summed E-state index contributed by atoms with van der Waals surface area (Å²) >= 11 is 2.98. The molecule has 0 unspecified atom stereocenters. The highest BCUT2D eigenvalue weighted by Crippen LogP contribution is 2.35. The number of rotatable bonds is 4. The van der Waals surface area contributed by atoms with E-state index in [0.717, 1.165) is 35.8 Å². The number of carbonyl (C=O) groups excluding carboxylic acids is 1. The fourth-order valence-electron chi connectivity index (χ4n) is 2.70. The van der Waals surface area contributed by atoms with Gasteiger partial charge in [-0.1, -0.05) is 11.8 Å². The lowest BCUT2D eigenvalue weighted by atomic mass is 10.2. The van der Waals surface area contributed by atoms with Crippen LogP contribution in [-0.2, 0) is 17.6 Å². The Morgan fingerprint density at radius 3 is 2.95 bits per heavy atom. The molecule has 0 bridgehead atoms. The molecule has 0 saturated heterocycles. The smallest absolute Gasteiger partial charge is 0.263 e. The first-order chi connectivity index (χ1) is 9.63. The van der Waals surface area contributed by atoms with Gasteiger partial charge in [0.2, 0.25) is 0 Å². The van der Waals surface area contributed by atoms with Crippen molar-refractivity contribution < 1.29 is 4.79 Å². The van der Waals surface area contributed by atoms with Crippen molar-refractivity contribution in [2.24, 2.45) is 0 Å². The molecule has 0 fully saturated rings. The molecule has 3 rings (SSSR count). The van der Waals surface area contributed by atoms with Crippen LogP contribution in [0.25, 0.3) is 10.2 Å². The molecule has 106 valence electrons. The van der Waals surface area contributed by atoms with Crippen LogP contribution in [-0.4, -0.2) is 21.6 Å². The number of fused-ring (bicyclic) bond motifs is 3. The number of aromatic nitrogens is 2. The predicted molar refractivity (Wildman–Crippen MR) is 83.1 cm³/mol. The van der Waals surface area contributed by atoms with Crippen molar-refractivity contribution in [3.63, 3.8) is 0 Å². The van der Waals surface area contributed by atoms with Gasteiger partial charge in [0.05, 0.1) is 11.1 Å². The van der Waals surface area contributed by atoms with Crippen molar-refractivity contribution in [1.29, 1.82) is 0 Å². The Balaban J connectivity index is 2.27. The van der Waals surface area contributed by atoms with Gasteiger partial charge in [-0.2, -0.15) is 0 Å². The van der Waals surface area contributed by atoms with Crippen molar-refractivity contribution in [3.8, 4) is 0 Å². The summed E-state index contributed by atoms with van der Waals surface area (Å²) in [6, 6.07) is 0.0468. The van der Waals surface area contributed by atoms with Crippen LogP contribution >= 0.6 is 23.1 Å². The summed E-state index contributed by atoms with van der Waals surface area (Å²) in [5, 5.41) is 1.47. The van der Waals surface area contributed by atoms with Crippen molar-refractivity contribution >= 4 is 39.6 Å². The van der Waals surface area contributed by atoms with Gasteiger partial charge in [-0.3, -0.25) is 9.36 Å². The Morgan fingerprint density at radius 1 is 1.45 bits per heavy atom. The van der Waals surface area contributed by atoms with Gasteiger partial charge in [-0.05, 0) is 38.7 Å². The number of carbonyl (C=O) groups is 1. The van der Waals surface area contributed by atoms with E-state index in [-0.39, 0.29) is 11.6 Å². The van der Waals surface area contributed by atoms with Gasteiger partial charge in [0.15, 0.2) is 5.16 Å². The molecular formula is C14H16N2O2S2. The van der Waals surface area contributed by atoms with Crippen LogP contribution in [0.3, 0.4) is 0 Å². The molecule has 0 saturated carbocycles. The Bertz CT molecular complexity index is 731. The highest BCUT2D eigenvalue weighted by atomic mass is 32.2. The van der Waals surface area contributed by atoms with E-state index in [0.29, 0.717) is 10.9 Å². The normalized spacial score (nSPS) is 14.2. The number of thiophene rings is 1. The molecule has 0 aromatic carbocycles. The maximum Gasteiger partial charge on any atom is 0.263 e. The third-order valence-electron chi connectivity index (χ3n) is 3.54. The third-order valence-corrected chi connectivity index (χ3v) is 5.57. The first kappa shape index (κ1) is 13.8. The van der Waals surface area contributed by atoms with Gasteiger partial charge in [0.1, 0.15) is 11.1 Å². The molecule has 0 spiro atoms. The molecule has 2 aromatic rings. The van der Waals surface area contributed by atoms with Crippen molar-refractivity contribution in [1.82, 2.24) is 9.55 Å². The highest BCUT2D eigenvalue weighted by Gasteiger charge is 2.23. The van der Waals surface area contributed by atoms with Crippen LogP contribution in [0.4, 0.5) is 0 Å². The zero-order chi connectivity index (χ0) is 14.3. The molecule has 1 aliphatic rings. The average Bonchev–Trinajstić information content (AvgIpc) is 2.95. The van der Waals surface area contributed by atoms with E-state index < -0.39 is 0 Å². The number of nitrogens with zero attached hydrogens (tertiary/aromatic N) is 2. The number of aldehydes is 1. The van der Waals surface area contributed by atoms with Gasteiger partial charge in [-0.15, -0.1) is 11.3 Å². The molecule has 2 heterocycles. The molecule has 4 nitrogen and oxygen atoms in total. The fraction of sp³-hybridized carbons (Fsp3) is 0.500. The molecule has 20 heavy (non-hydrogen) atoms. The summed E-state index contributed by atoms with van der Waals surface area (Å²) in [5.41, 5.74) is 1.27.